The fourth-order valence-electron chi connectivity index (χ4n) is 2.85. The third-order valence-corrected chi connectivity index (χ3v) is 4.08. The molecule has 5 heteroatoms. The molecule has 106 valence electrons. The summed E-state index contributed by atoms with van der Waals surface area (Å²) in [6.07, 6.45) is 4.56. The molecule has 0 saturated carbocycles. The molecule has 2 fully saturated rings. The first kappa shape index (κ1) is 15.7. The lowest BCUT2D eigenvalue weighted by atomic mass is 9.78. The number of hydrogen-bond donors (Lipinski definition) is 1. The van der Waals surface area contributed by atoms with Gasteiger partial charge in [-0.2, -0.15) is 0 Å². The topological polar surface area (TPSA) is 41.6 Å². The monoisotopic (exact) mass is 276 g/mol. The van der Waals surface area contributed by atoms with Gasteiger partial charge in [0, 0.05) is 26.2 Å². The lowest BCUT2D eigenvalue weighted by Crippen LogP contribution is -2.45. The van der Waals surface area contributed by atoms with Crippen molar-refractivity contribution >= 4 is 18.3 Å². The van der Waals surface area contributed by atoms with E-state index < -0.39 is 0 Å². The van der Waals surface area contributed by atoms with Crippen molar-refractivity contribution in [3.05, 3.63) is 0 Å². The highest BCUT2D eigenvalue weighted by Crippen LogP contribution is 2.36. The second-order valence-corrected chi connectivity index (χ2v) is 5.36. The number of hydrogen-bond acceptors (Lipinski definition) is 3. The second-order valence-electron chi connectivity index (χ2n) is 5.36. The quantitative estimate of drug-likeness (QED) is 0.790. The Hall–Kier alpha value is -0.320. The Morgan fingerprint density at radius 1 is 1.33 bits per heavy atom. The summed E-state index contributed by atoms with van der Waals surface area (Å²) < 4.78 is 5.31. The van der Waals surface area contributed by atoms with Gasteiger partial charge in [0.2, 0.25) is 5.91 Å². The van der Waals surface area contributed by atoms with Crippen molar-refractivity contribution in [2.24, 2.45) is 5.41 Å². The average molecular weight is 277 g/mol. The number of nitrogens with one attached hydrogen (secondary N) is 1. The third kappa shape index (κ3) is 3.84. The first-order valence-electron chi connectivity index (χ1n) is 6.82. The third-order valence-electron chi connectivity index (χ3n) is 4.08. The van der Waals surface area contributed by atoms with Gasteiger partial charge in [-0.15, -0.1) is 12.4 Å². The number of rotatable bonds is 4. The summed E-state index contributed by atoms with van der Waals surface area (Å²) in [6, 6.07) is 0. The van der Waals surface area contributed by atoms with E-state index in [2.05, 4.69) is 12.2 Å². The van der Waals surface area contributed by atoms with Gasteiger partial charge >= 0.3 is 0 Å². The molecule has 0 aliphatic carbocycles. The van der Waals surface area contributed by atoms with Crippen molar-refractivity contribution in [1.82, 2.24) is 10.2 Å². The zero-order valence-electron chi connectivity index (χ0n) is 11.2. The molecule has 1 amide bonds. The highest BCUT2D eigenvalue weighted by Gasteiger charge is 2.37. The summed E-state index contributed by atoms with van der Waals surface area (Å²) in [7, 11) is 0. The predicted octanol–water partition coefficient (Wildman–Crippen LogP) is 1.44. The van der Waals surface area contributed by atoms with Crippen molar-refractivity contribution in [1.29, 1.82) is 0 Å². The molecule has 1 spiro atoms. The van der Waals surface area contributed by atoms with Crippen LogP contribution in [-0.2, 0) is 9.53 Å². The van der Waals surface area contributed by atoms with Crippen LogP contribution < -0.4 is 5.32 Å². The number of piperidine rings is 1. The lowest BCUT2D eigenvalue weighted by molar-refractivity contribution is -0.138. The largest absolute Gasteiger partial charge is 0.372 e. The Morgan fingerprint density at radius 2 is 2.06 bits per heavy atom. The van der Waals surface area contributed by atoms with Gasteiger partial charge in [-0.3, -0.25) is 4.79 Å². The van der Waals surface area contributed by atoms with Crippen LogP contribution in [0, 0.1) is 5.41 Å². The van der Waals surface area contributed by atoms with Gasteiger partial charge in [-0.05, 0) is 37.6 Å². The minimum atomic E-state index is 0. The number of ether oxygens (including phenoxy) is 1. The zero-order chi connectivity index (χ0) is 12.1. The van der Waals surface area contributed by atoms with E-state index in [9.17, 15) is 4.79 Å². The van der Waals surface area contributed by atoms with Gasteiger partial charge in [-0.1, -0.05) is 6.92 Å². The summed E-state index contributed by atoms with van der Waals surface area (Å²) >= 11 is 0. The summed E-state index contributed by atoms with van der Waals surface area (Å²) in [4.78, 5) is 13.8. The van der Waals surface area contributed by atoms with E-state index in [0.717, 1.165) is 45.4 Å². The van der Waals surface area contributed by atoms with E-state index >= 15 is 0 Å². The Bertz CT molecular complexity index is 258. The van der Waals surface area contributed by atoms with E-state index in [0.29, 0.717) is 12.0 Å². The lowest BCUT2D eigenvalue weighted by Gasteiger charge is -2.38. The molecule has 2 aliphatic heterocycles. The highest BCUT2D eigenvalue weighted by molar-refractivity contribution is 5.85. The van der Waals surface area contributed by atoms with Crippen LogP contribution in [0.4, 0.5) is 0 Å². The number of carbonyl (C=O) groups excluding carboxylic acids is 1. The zero-order valence-corrected chi connectivity index (χ0v) is 12.1. The van der Waals surface area contributed by atoms with Crippen molar-refractivity contribution in [2.75, 3.05) is 39.4 Å². The minimum absolute atomic E-state index is 0. The maximum Gasteiger partial charge on any atom is 0.248 e. The second kappa shape index (κ2) is 7.31. The van der Waals surface area contributed by atoms with Crippen LogP contribution >= 0.6 is 12.4 Å². The van der Waals surface area contributed by atoms with Crippen molar-refractivity contribution in [2.45, 2.75) is 32.6 Å². The Kier molecular flexibility index (Phi) is 6.39. The van der Waals surface area contributed by atoms with Crippen LogP contribution in [-0.4, -0.2) is 50.2 Å². The van der Waals surface area contributed by atoms with Crippen LogP contribution in [0.5, 0.6) is 0 Å². The van der Waals surface area contributed by atoms with Crippen LogP contribution in [0.1, 0.15) is 32.6 Å². The molecular weight excluding hydrogens is 252 g/mol. The van der Waals surface area contributed by atoms with Gasteiger partial charge in [0.05, 0.1) is 0 Å². The van der Waals surface area contributed by atoms with Crippen LogP contribution in [0.2, 0.25) is 0 Å². The average Bonchev–Trinajstić information content (AvgIpc) is 2.79. The Balaban J connectivity index is 0.00000162. The first-order valence-corrected chi connectivity index (χ1v) is 6.82. The number of amides is 1. The Morgan fingerprint density at radius 3 is 2.61 bits per heavy atom. The van der Waals surface area contributed by atoms with Crippen molar-refractivity contribution < 1.29 is 9.53 Å². The molecule has 0 aromatic heterocycles. The SMILES string of the molecule is CCCOCC(=O)N1CCC2(CCNC2)CC1.Cl. The van der Waals surface area contributed by atoms with E-state index in [1.165, 1.54) is 6.42 Å². The summed E-state index contributed by atoms with van der Waals surface area (Å²) in [6.45, 7) is 7.12. The fourth-order valence-corrected chi connectivity index (χ4v) is 2.85. The van der Waals surface area contributed by atoms with Crippen molar-refractivity contribution in [3.63, 3.8) is 0 Å². The van der Waals surface area contributed by atoms with Crippen molar-refractivity contribution in [3.8, 4) is 0 Å². The summed E-state index contributed by atoms with van der Waals surface area (Å²) in [5.41, 5.74) is 0.487. The molecule has 0 bridgehead atoms. The predicted molar refractivity (Wildman–Crippen MR) is 74.1 cm³/mol. The highest BCUT2D eigenvalue weighted by atomic mass is 35.5. The molecule has 1 N–H and O–H groups in total. The molecule has 2 saturated heterocycles. The maximum atomic E-state index is 11.9. The molecular formula is C13H25ClN2O2. The maximum absolute atomic E-state index is 11.9. The van der Waals surface area contributed by atoms with Crippen LogP contribution in [0.15, 0.2) is 0 Å². The van der Waals surface area contributed by atoms with E-state index in [4.69, 9.17) is 4.74 Å². The van der Waals surface area contributed by atoms with E-state index in [1.807, 2.05) is 4.90 Å². The number of carbonyl (C=O) groups is 1. The molecule has 18 heavy (non-hydrogen) atoms. The normalized spacial score (nSPS) is 21.9. The molecule has 2 rings (SSSR count). The molecule has 0 unspecified atom stereocenters. The summed E-state index contributed by atoms with van der Waals surface area (Å²) in [5.74, 6) is 0.166. The number of nitrogens with zero attached hydrogens (tertiary/aromatic N) is 1. The number of likely N-dealkylation sites (tertiary alicyclic amines) is 1. The smallest absolute Gasteiger partial charge is 0.248 e. The van der Waals surface area contributed by atoms with Gasteiger partial charge in [0.1, 0.15) is 6.61 Å². The fraction of sp³-hybridized carbons (Fsp3) is 0.923. The molecule has 4 nitrogen and oxygen atoms in total. The van der Waals surface area contributed by atoms with E-state index in [1.54, 1.807) is 0 Å². The molecule has 0 aromatic carbocycles. The minimum Gasteiger partial charge on any atom is -0.372 e. The summed E-state index contributed by atoms with van der Waals surface area (Å²) in [5, 5.41) is 3.44. The Labute approximate surface area is 116 Å². The van der Waals surface area contributed by atoms with E-state index in [-0.39, 0.29) is 24.9 Å². The standard InChI is InChI=1S/C13H24N2O2.ClH/c1-2-9-17-10-12(16)15-7-4-13(5-8-15)3-6-14-11-13;/h14H,2-11H2,1H3;1H. The molecule has 0 radical (unpaired) electrons. The van der Waals surface area contributed by atoms with Crippen LogP contribution in [0.3, 0.4) is 0 Å². The molecule has 2 heterocycles. The number of halogens is 1. The van der Waals surface area contributed by atoms with Gasteiger partial charge < -0.3 is 15.0 Å². The van der Waals surface area contributed by atoms with Gasteiger partial charge in [0.25, 0.3) is 0 Å². The molecule has 2 aliphatic rings. The van der Waals surface area contributed by atoms with Crippen LogP contribution in [0.25, 0.3) is 0 Å². The van der Waals surface area contributed by atoms with Gasteiger partial charge in [-0.25, -0.2) is 0 Å². The molecule has 0 aromatic rings. The van der Waals surface area contributed by atoms with Gasteiger partial charge in [0.15, 0.2) is 0 Å². The first-order chi connectivity index (χ1) is 8.26. The molecule has 0 atom stereocenters.